The van der Waals surface area contributed by atoms with E-state index in [1.165, 1.54) is 0 Å². The second kappa shape index (κ2) is 8.81. The molecule has 1 aliphatic heterocycles. The number of hydrogen-bond acceptors (Lipinski definition) is 5. The predicted octanol–water partition coefficient (Wildman–Crippen LogP) is 3.50. The summed E-state index contributed by atoms with van der Waals surface area (Å²) in [5.41, 5.74) is 1.58. The van der Waals surface area contributed by atoms with Crippen LogP contribution in [0.1, 0.15) is 20.7 Å². The summed E-state index contributed by atoms with van der Waals surface area (Å²) in [6.45, 7) is 1.70. The molecule has 0 saturated carbocycles. The molecule has 0 spiro atoms. The molecule has 8 heteroatoms. The Morgan fingerprint density at radius 3 is 2.13 bits per heavy atom. The zero-order valence-corrected chi connectivity index (χ0v) is 18.1. The summed E-state index contributed by atoms with van der Waals surface area (Å²) in [5, 5.41) is 1.31. The van der Waals surface area contributed by atoms with Crippen LogP contribution in [0.3, 0.4) is 0 Å². The lowest BCUT2D eigenvalue weighted by atomic mass is 10.1. The number of aromatic nitrogens is 1. The minimum Gasteiger partial charge on any atom is -0.497 e. The smallest absolute Gasteiger partial charge is 0.256 e. The molecular weight excluding hydrogens is 418 g/mol. The van der Waals surface area contributed by atoms with Crippen molar-refractivity contribution in [1.82, 2.24) is 14.8 Å². The highest BCUT2D eigenvalue weighted by Crippen LogP contribution is 2.26. The fraction of sp³-hybridized carbons (Fsp3) is 0.261. The maximum atomic E-state index is 13.2. The van der Waals surface area contributed by atoms with Crippen molar-refractivity contribution in [2.75, 3.05) is 40.4 Å². The molecule has 0 N–H and O–H groups in total. The molecule has 1 aliphatic rings. The number of methoxy groups -OCH3 is 2. The topological polar surface area (TPSA) is 72.0 Å². The van der Waals surface area contributed by atoms with Crippen molar-refractivity contribution < 1.29 is 19.1 Å². The van der Waals surface area contributed by atoms with Gasteiger partial charge < -0.3 is 19.3 Å². The van der Waals surface area contributed by atoms with E-state index >= 15 is 0 Å². The quantitative estimate of drug-likeness (QED) is 0.622. The van der Waals surface area contributed by atoms with Crippen LogP contribution >= 0.6 is 11.6 Å². The normalized spacial score (nSPS) is 13.9. The van der Waals surface area contributed by atoms with Crippen LogP contribution in [0.15, 0.2) is 48.7 Å². The highest BCUT2D eigenvalue weighted by Gasteiger charge is 2.27. The molecule has 0 aliphatic carbocycles. The molecule has 2 aromatic carbocycles. The minimum absolute atomic E-state index is 0.126. The highest BCUT2D eigenvalue weighted by molar-refractivity contribution is 6.32. The number of nitrogens with zero attached hydrogens (tertiary/aromatic N) is 3. The van der Waals surface area contributed by atoms with Crippen LogP contribution in [0.25, 0.3) is 10.9 Å². The molecule has 0 atom stereocenters. The van der Waals surface area contributed by atoms with Crippen molar-refractivity contribution >= 4 is 34.3 Å². The van der Waals surface area contributed by atoms with Gasteiger partial charge in [0.25, 0.3) is 11.8 Å². The van der Waals surface area contributed by atoms with Crippen LogP contribution in [0.4, 0.5) is 0 Å². The van der Waals surface area contributed by atoms with Crippen LogP contribution < -0.4 is 9.47 Å². The Labute approximate surface area is 185 Å². The maximum absolute atomic E-state index is 13.2. The highest BCUT2D eigenvalue weighted by atomic mass is 35.5. The summed E-state index contributed by atoms with van der Waals surface area (Å²) in [4.78, 5) is 34.0. The molecule has 1 fully saturated rings. The van der Waals surface area contributed by atoms with E-state index in [9.17, 15) is 9.59 Å². The number of pyridine rings is 1. The summed E-state index contributed by atoms with van der Waals surface area (Å²) in [5.74, 6) is 0.842. The van der Waals surface area contributed by atoms with Gasteiger partial charge in [0.1, 0.15) is 11.5 Å². The molecule has 0 bridgehead atoms. The van der Waals surface area contributed by atoms with Gasteiger partial charge in [-0.25, -0.2) is 0 Å². The number of piperazine rings is 1. The number of fused-ring (bicyclic) bond motifs is 1. The molecular formula is C23H22ClN3O4. The number of rotatable bonds is 4. The average Bonchev–Trinajstić information content (AvgIpc) is 2.82. The molecule has 0 unspecified atom stereocenters. The van der Waals surface area contributed by atoms with Gasteiger partial charge in [-0.15, -0.1) is 0 Å². The van der Waals surface area contributed by atoms with E-state index in [-0.39, 0.29) is 11.8 Å². The van der Waals surface area contributed by atoms with Crippen LogP contribution in [0.2, 0.25) is 5.02 Å². The van der Waals surface area contributed by atoms with Crippen molar-refractivity contribution in [2.45, 2.75) is 0 Å². The fourth-order valence-electron chi connectivity index (χ4n) is 3.72. The van der Waals surface area contributed by atoms with Crippen LogP contribution in [-0.4, -0.2) is 67.0 Å². The summed E-state index contributed by atoms with van der Waals surface area (Å²) in [6, 6.07) is 12.2. The van der Waals surface area contributed by atoms with Crippen LogP contribution in [-0.2, 0) is 0 Å². The molecule has 1 aromatic heterocycles. The number of benzene rings is 2. The van der Waals surface area contributed by atoms with Crippen molar-refractivity contribution in [3.63, 3.8) is 0 Å². The molecule has 2 heterocycles. The number of halogens is 1. The van der Waals surface area contributed by atoms with Gasteiger partial charge >= 0.3 is 0 Å². The summed E-state index contributed by atoms with van der Waals surface area (Å²) in [6.07, 6.45) is 1.66. The Hall–Kier alpha value is -3.32. The van der Waals surface area contributed by atoms with Gasteiger partial charge in [-0.1, -0.05) is 17.7 Å². The monoisotopic (exact) mass is 439 g/mol. The van der Waals surface area contributed by atoms with Gasteiger partial charge in [0.05, 0.1) is 25.3 Å². The van der Waals surface area contributed by atoms with Crippen molar-refractivity contribution in [2.24, 2.45) is 0 Å². The summed E-state index contributed by atoms with van der Waals surface area (Å²) in [7, 11) is 3.09. The van der Waals surface area contributed by atoms with Crippen molar-refractivity contribution in [1.29, 1.82) is 0 Å². The molecule has 160 valence electrons. The lowest BCUT2D eigenvalue weighted by Gasteiger charge is -2.35. The number of carbonyl (C=O) groups excluding carboxylic acids is 2. The second-order valence-corrected chi connectivity index (χ2v) is 7.65. The van der Waals surface area contributed by atoms with Gasteiger partial charge in [0.2, 0.25) is 0 Å². The van der Waals surface area contributed by atoms with Crippen LogP contribution in [0.5, 0.6) is 11.5 Å². The third kappa shape index (κ3) is 4.27. The number of amides is 2. The SMILES string of the molecule is COc1cc(OC)cc(C(=O)N2CCN(C(=O)c3cc(Cl)cc4cccnc34)CC2)c1. The Kier molecular flexibility index (Phi) is 5.95. The average molecular weight is 440 g/mol. The Morgan fingerprint density at radius 2 is 1.52 bits per heavy atom. The first-order valence-electron chi connectivity index (χ1n) is 9.86. The van der Waals surface area contributed by atoms with E-state index in [0.717, 1.165) is 5.39 Å². The Balaban J connectivity index is 1.49. The van der Waals surface area contributed by atoms with E-state index in [0.29, 0.717) is 59.3 Å². The van der Waals surface area contributed by atoms with Gasteiger partial charge in [0, 0.05) is 54.4 Å². The maximum Gasteiger partial charge on any atom is 0.256 e. The first-order valence-corrected chi connectivity index (χ1v) is 10.2. The van der Waals surface area contributed by atoms with Gasteiger partial charge in [-0.2, -0.15) is 0 Å². The molecule has 2 amide bonds. The fourth-order valence-corrected chi connectivity index (χ4v) is 3.94. The van der Waals surface area contributed by atoms with Gasteiger partial charge in [-0.05, 0) is 30.3 Å². The first kappa shape index (κ1) is 20.9. The largest absolute Gasteiger partial charge is 0.497 e. The zero-order valence-electron chi connectivity index (χ0n) is 17.3. The third-order valence-corrected chi connectivity index (χ3v) is 5.57. The van der Waals surface area contributed by atoms with Crippen LogP contribution in [0, 0.1) is 0 Å². The number of carbonyl (C=O) groups is 2. The summed E-state index contributed by atoms with van der Waals surface area (Å²) >= 11 is 6.22. The van der Waals surface area contributed by atoms with Gasteiger partial charge in [-0.3, -0.25) is 14.6 Å². The molecule has 3 aromatic rings. The summed E-state index contributed by atoms with van der Waals surface area (Å²) < 4.78 is 10.5. The predicted molar refractivity (Wildman–Crippen MR) is 118 cm³/mol. The standard InChI is InChI=1S/C23H22ClN3O4/c1-30-18-11-16(12-19(14-18)31-2)22(28)26-6-8-27(9-7-26)23(29)20-13-17(24)10-15-4-3-5-25-21(15)20/h3-5,10-14H,6-9H2,1-2H3. The lowest BCUT2D eigenvalue weighted by Crippen LogP contribution is -2.50. The number of ether oxygens (including phenoxy) is 2. The van der Waals surface area contributed by atoms with E-state index in [2.05, 4.69) is 4.98 Å². The van der Waals surface area contributed by atoms with Crippen molar-refractivity contribution in [3.05, 3.63) is 64.8 Å². The van der Waals surface area contributed by atoms with Crippen molar-refractivity contribution in [3.8, 4) is 11.5 Å². The van der Waals surface area contributed by atoms with E-state index < -0.39 is 0 Å². The molecule has 0 radical (unpaired) electrons. The molecule has 7 nitrogen and oxygen atoms in total. The Bertz CT molecular complexity index is 1120. The second-order valence-electron chi connectivity index (χ2n) is 7.21. The molecule has 31 heavy (non-hydrogen) atoms. The zero-order chi connectivity index (χ0) is 22.0. The van der Waals surface area contributed by atoms with E-state index in [4.69, 9.17) is 21.1 Å². The minimum atomic E-state index is -0.138. The first-order chi connectivity index (χ1) is 15.0. The number of hydrogen-bond donors (Lipinski definition) is 0. The third-order valence-electron chi connectivity index (χ3n) is 5.35. The van der Waals surface area contributed by atoms with E-state index in [1.807, 2.05) is 12.1 Å². The molecule has 1 saturated heterocycles. The Morgan fingerprint density at radius 1 is 0.903 bits per heavy atom. The molecule has 4 rings (SSSR count). The van der Waals surface area contributed by atoms with Gasteiger partial charge in [0.15, 0.2) is 0 Å². The lowest BCUT2D eigenvalue weighted by molar-refractivity contribution is 0.0536. The van der Waals surface area contributed by atoms with E-state index in [1.54, 1.807) is 60.5 Å².